The van der Waals surface area contributed by atoms with Gasteiger partial charge in [0.25, 0.3) is 0 Å². The highest BCUT2D eigenvalue weighted by Gasteiger charge is 2.21. The molecule has 0 aliphatic rings. The Hall–Kier alpha value is -6.74. The second-order valence-electron chi connectivity index (χ2n) is 14.2. The molecule has 0 aliphatic heterocycles. The predicted octanol–water partition coefficient (Wildman–Crippen LogP) is 12.4. The van der Waals surface area contributed by atoms with Crippen molar-refractivity contribution in [2.24, 2.45) is 0 Å². The van der Waals surface area contributed by atoms with Gasteiger partial charge in [-0.25, -0.2) is 0 Å². The summed E-state index contributed by atoms with van der Waals surface area (Å²) in [5.41, 5.74) is 8.65. The van der Waals surface area contributed by atoms with Gasteiger partial charge in [-0.2, -0.15) is 0 Å². The molecule has 250 valence electrons. The van der Waals surface area contributed by atoms with Crippen molar-refractivity contribution in [2.75, 3.05) is 0 Å². The summed E-state index contributed by atoms with van der Waals surface area (Å²) in [6, 6.07) is 74.0. The Balaban J connectivity index is 1.24. The van der Waals surface area contributed by atoms with Crippen LogP contribution in [0.3, 0.4) is 0 Å². The third kappa shape index (κ3) is 4.85. The lowest BCUT2D eigenvalue weighted by Crippen LogP contribution is -2.26. The van der Waals surface area contributed by atoms with Crippen molar-refractivity contribution in [2.45, 2.75) is 0 Å². The zero-order valence-corrected chi connectivity index (χ0v) is 30.5. The van der Waals surface area contributed by atoms with Gasteiger partial charge >= 0.3 is 0 Å². The smallest absolute Gasteiger partial charge is 0.121 e. The van der Waals surface area contributed by atoms with Crippen LogP contribution in [-0.2, 0) is 0 Å². The van der Waals surface area contributed by atoms with E-state index in [9.17, 15) is 0 Å². The maximum Gasteiger partial charge on any atom is 0.121 e. The van der Waals surface area contributed by atoms with E-state index in [0.29, 0.717) is 9.52 Å². The Kier molecular flexibility index (Phi) is 7.11. The maximum absolute atomic E-state index is 2.47. The van der Waals surface area contributed by atoms with E-state index in [1.54, 1.807) is 0 Å². The lowest BCUT2D eigenvalue weighted by molar-refractivity contribution is 1.18. The van der Waals surface area contributed by atoms with Gasteiger partial charge in [0.05, 0.1) is 11.0 Å². The molecule has 2 radical (unpaired) electrons. The molecule has 0 aliphatic carbocycles. The molecular formula is C52H33NSi. The lowest BCUT2D eigenvalue weighted by atomic mass is 9.84. The van der Waals surface area contributed by atoms with Gasteiger partial charge in [-0.3, -0.25) is 0 Å². The van der Waals surface area contributed by atoms with Crippen molar-refractivity contribution < 1.29 is 0 Å². The number of nitrogens with zero attached hydrogens (tertiary/aromatic N) is 1. The van der Waals surface area contributed by atoms with Crippen molar-refractivity contribution in [1.29, 1.82) is 0 Å². The molecule has 0 bridgehead atoms. The normalized spacial score (nSPS) is 11.8. The van der Waals surface area contributed by atoms with Crippen LogP contribution in [0, 0.1) is 0 Å². The van der Waals surface area contributed by atoms with Crippen LogP contribution in [0.1, 0.15) is 0 Å². The third-order valence-electron chi connectivity index (χ3n) is 11.1. The lowest BCUT2D eigenvalue weighted by Gasteiger charge is -2.21. The van der Waals surface area contributed by atoms with E-state index in [-0.39, 0.29) is 0 Å². The molecule has 2 heteroatoms. The van der Waals surface area contributed by atoms with Gasteiger partial charge in [0.2, 0.25) is 0 Å². The Morgan fingerprint density at radius 2 is 0.889 bits per heavy atom. The van der Waals surface area contributed by atoms with Crippen LogP contribution in [0.25, 0.3) is 92.8 Å². The van der Waals surface area contributed by atoms with Gasteiger partial charge in [0.1, 0.15) is 9.52 Å². The van der Waals surface area contributed by atoms with Crippen LogP contribution in [0.15, 0.2) is 200 Å². The van der Waals surface area contributed by atoms with Crippen molar-refractivity contribution >= 4 is 84.8 Å². The second-order valence-corrected chi connectivity index (χ2v) is 15.6. The number of hydrogen-bond acceptors (Lipinski definition) is 0. The molecule has 0 amide bonds. The molecule has 0 spiro atoms. The van der Waals surface area contributed by atoms with Gasteiger partial charge in [0.15, 0.2) is 0 Å². The fourth-order valence-corrected chi connectivity index (χ4v) is 9.88. The molecule has 54 heavy (non-hydrogen) atoms. The summed E-state index contributed by atoms with van der Waals surface area (Å²) in [5.74, 6) is 0. The highest BCUT2D eigenvalue weighted by atomic mass is 28.2. The van der Waals surface area contributed by atoms with E-state index < -0.39 is 0 Å². The van der Waals surface area contributed by atoms with Crippen molar-refractivity contribution in [3.63, 3.8) is 0 Å². The Morgan fingerprint density at radius 1 is 0.315 bits per heavy atom. The largest absolute Gasteiger partial charge is 0.309 e. The SMILES string of the molecule is c1ccc([Si]c2ccc3c(-c4cc5ccccc5c5ccccc45)c4ccccc4c(-c4cccc(-n5c6ccccc6c6ccccc65)c4)c3c2)cc1. The quantitative estimate of drug-likeness (QED) is 0.0957. The summed E-state index contributed by atoms with van der Waals surface area (Å²) < 4.78 is 2.43. The number of hydrogen-bond donors (Lipinski definition) is 0. The van der Waals surface area contributed by atoms with Crippen molar-refractivity contribution in [1.82, 2.24) is 4.57 Å². The number of rotatable bonds is 5. The Labute approximate surface area is 316 Å². The van der Waals surface area contributed by atoms with E-state index in [2.05, 4.69) is 205 Å². The van der Waals surface area contributed by atoms with E-state index in [1.165, 1.54) is 97.5 Å². The van der Waals surface area contributed by atoms with Crippen LogP contribution in [-0.4, -0.2) is 14.1 Å². The zero-order chi connectivity index (χ0) is 35.6. The molecular weight excluding hydrogens is 667 g/mol. The van der Waals surface area contributed by atoms with Crippen LogP contribution in [0.4, 0.5) is 0 Å². The first kappa shape index (κ1) is 30.8. The molecule has 1 aromatic heterocycles. The van der Waals surface area contributed by atoms with Gasteiger partial charge in [-0.05, 0) is 95.7 Å². The molecule has 11 rings (SSSR count). The molecule has 0 fully saturated rings. The minimum atomic E-state index is 0.559. The Bertz CT molecular complexity index is 3190. The molecule has 10 aromatic carbocycles. The standard InChI is InChI=1S/C52H33NSi/c1-2-18-37(19-3-1)54-38-29-30-46-48(33-38)51(35-16-14-17-36(31-35)53-49-27-12-10-23-42(49)43-24-11-13-28-50(43)53)44-25-8-9-26-45(44)52(46)47-32-34-15-4-5-20-39(34)40-21-6-7-22-41(40)47/h1-33H. The predicted molar refractivity (Wildman–Crippen MR) is 233 cm³/mol. The van der Waals surface area contributed by atoms with E-state index in [0.717, 1.165) is 5.69 Å². The minimum absolute atomic E-state index is 0.559. The maximum atomic E-state index is 2.47. The van der Waals surface area contributed by atoms with Crippen LogP contribution in [0.2, 0.25) is 0 Å². The molecule has 11 aromatic rings. The summed E-state index contributed by atoms with van der Waals surface area (Å²) >= 11 is 0. The molecule has 0 atom stereocenters. The average Bonchev–Trinajstić information content (AvgIpc) is 3.57. The highest BCUT2D eigenvalue weighted by molar-refractivity contribution is 6.67. The first-order chi connectivity index (χ1) is 26.8. The topological polar surface area (TPSA) is 4.93 Å². The molecule has 0 saturated carbocycles. The molecule has 1 nitrogen and oxygen atoms in total. The summed E-state index contributed by atoms with van der Waals surface area (Å²) in [6.45, 7) is 0. The fourth-order valence-electron chi connectivity index (χ4n) is 8.81. The monoisotopic (exact) mass is 699 g/mol. The van der Waals surface area contributed by atoms with Crippen LogP contribution < -0.4 is 10.4 Å². The Morgan fingerprint density at radius 3 is 1.63 bits per heavy atom. The van der Waals surface area contributed by atoms with Gasteiger partial charge in [0, 0.05) is 16.5 Å². The molecule has 0 unspecified atom stereocenters. The van der Waals surface area contributed by atoms with Gasteiger partial charge in [-0.1, -0.05) is 180 Å². The molecule has 0 saturated heterocycles. The number of fused-ring (bicyclic) bond motifs is 8. The summed E-state index contributed by atoms with van der Waals surface area (Å²) in [4.78, 5) is 0. The minimum Gasteiger partial charge on any atom is -0.309 e. The first-order valence-corrected chi connectivity index (χ1v) is 19.6. The van der Waals surface area contributed by atoms with Crippen molar-refractivity contribution in [3.05, 3.63) is 200 Å². The summed E-state index contributed by atoms with van der Waals surface area (Å²) in [6.07, 6.45) is 0. The number of aromatic nitrogens is 1. The van der Waals surface area contributed by atoms with Crippen molar-refractivity contribution in [3.8, 4) is 27.9 Å². The summed E-state index contributed by atoms with van der Waals surface area (Å²) in [5, 5.41) is 15.4. The van der Waals surface area contributed by atoms with Gasteiger partial charge in [-0.15, -0.1) is 0 Å². The average molecular weight is 700 g/mol. The van der Waals surface area contributed by atoms with Gasteiger partial charge < -0.3 is 4.57 Å². The van der Waals surface area contributed by atoms with E-state index in [4.69, 9.17) is 0 Å². The van der Waals surface area contributed by atoms with Crippen LogP contribution >= 0.6 is 0 Å². The third-order valence-corrected chi connectivity index (χ3v) is 12.3. The second kappa shape index (κ2) is 12.4. The van der Waals surface area contributed by atoms with E-state index in [1.807, 2.05) is 0 Å². The number of para-hydroxylation sites is 2. The first-order valence-electron chi connectivity index (χ1n) is 18.6. The van der Waals surface area contributed by atoms with E-state index >= 15 is 0 Å². The molecule has 1 heterocycles. The zero-order valence-electron chi connectivity index (χ0n) is 29.5. The van der Waals surface area contributed by atoms with Crippen LogP contribution in [0.5, 0.6) is 0 Å². The highest BCUT2D eigenvalue weighted by Crippen LogP contribution is 2.46. The number of benzene rings is 10. The molecule has 0 N–H and O–H groups in total. The summed E-state index contributed by atoms with van der Waals surface area (Å²) in [7, 11) is 0.559. The fraction of sp³-hybridized carbons (Fsp3) is 0.